The van der Waals surface area contributed by atoms with Gasteiger partial charge in [-0.25, -0.2) is 13.6 Å². The van der Waals surface area contributed by atoms with Gasteiger partial charge in [0.05, 0.1) is 10.8 Å². The number of amides is 2. The molecule has 3 rings (SSSR count). The quantitative estimate of drug-likeness (QED) is 0.733. The van der Waals surface area contributed by atoms with Crippen molar-refractivity contribution in [2.75, 3.05) is 31.6 Å². The number of nitrogens with one attached hydrogen (secondary N) is 1. The van der Waals surface area contributed by atoms with Crippen molar-refractivity contribution in [2.45, 2.75) is 30.2 Å². The summed E-state index contributed by atoms with van der Waals surface area (Å²) in [4.78, 5) is 28.4. The normalized spacial score (nSPS) is 21.0. The van der Waals surface area contributed by atoms with Gasteiger partial charge in [0, 0.05) is 31.7 Å². The van der Waals surface area contributed by atoms with Gasteiger partial charge in [0.25, 0.3) is 0 Å². The Kier molecular flexibility index (Phi) is 6.85. The van der Waals surface area contributed by atoms with Gasteiger partial charge in [-0.05, 0) is 44.1 Å². The lowest BCUT2D eigenvalue weighted by Crippen LogP contribution is -2.46. The Hall–Kier alpha value is -1.68. The summed E-state index contributed by atoms with van der Waals surface area (Å²) < 4.78 is 23.1. The van der Waals surface area contributed by atoms with Crippen LogP contribution >= 0.6 is 12.4 Å². The number of hydrogen-bond acceptors (Lipinski definition) is 5. The van der Waals surface area contributed by atoms with Crippen molar-refractivity contribution in [1.82, 2.24) is 10.2 Å². The molecule has 27 heavy (non-hydrogen) atoms. The lowest BCUT2D eigenvalue weighted by atomic mass is 10.0. The standard InChI is InChI=1S/C17H24N4O4S.ClH/c1-20(13-5-7-19-8-6-13)17(23)12-9-16(22)21(11-12)14-3-2-4-15(10-14)26(18,24)25;/h2-4,10,12-13,19H,5-9,11H2,1H3,(H2,18,24,25);1H. The van der Waals surface area contributed by atoms with Gasteiger partial charge in [-0.15, -0.1) is 12.4 Å². The Morgan fingerprint density at radius 2 is 1.96 bits per heavy atom. The number of rotatable bonds is 4. The first-order chi connectivity index (χ1) is 12.3. The summed E-state index contributed by atoms with van der Waals surface area (Å²) in [5.41, 5.74) is 0.446. The van der Waals surface area contributed by atoms with E-state index in [1.54, 1.807) is 24.1 Å². The number of primary sulfonamides is 1. The van der Waals surface area contributed by atoms with Crippen LogP contribution in [0.3, 0.4) is 0 Å². The number of sulfonamides is 1. The van der Waals surface area contributed by atoms with Gasteiger partial charge >= 0.3 is 0 Å². The van der Waals surface area contributed by atoms with E-state index in [0.29, 0.717) is 5.69 Å². The Labute approximate surface area is 165 Å². The van der Waals surface area contributed by atoms with E-state index >= 15 is 0 Å². The zero-order valence-corrected chi connectivity index (χ0v) is 16.8. The van der Waals surface area contributed by atoms with Crippen LogP contribution in [0, 0.1) is 5.92 Å². The molecule has 1 unspecified atom stereocenters. The zero-order chi connectivity index (χ0) is 18.9. The average molecular weight is 417 g/mol. The molecule has 3 N–H and O–H groups in total. The average Bonchev–Trinajstić information content (AvgIpc) is 3.02. The van der Waals surface area contributed by atoms with Crippen molar-refractivity contribution < 1.29 is 18.0 Å². The molecule has 8 nitrogen and oxygen atoms in total. The predicted octanol–water partition coefficient (Wildman–Crippen LogP) is 0.319. The first-order valence-corrected chi connectivity index (χ1v) is 10.2. The van der Waals surface area contributed by atoms with Gasteiger partial charge in [0.2, 0.25) is 21.8 Å². The Balaban J connectivity index is 0.00000261. The van der Waals surface area contributed by atoms with Crippen LogP contribution in [0.2, 0.25) is 0 Å². The van der Waals surface area contributed by atoms with Crippen molar-refractivity contribution in [3.8, 4) is 0 Å². The number of hydrogen-bond donors (Lipinski definition) is 2. The first-order valence-electron chi connectivity index (χ1n) is 8.68. The van der Waals surface area contributed by atoms with Gasteiger partial charge < -0.3 is 15.1 Å². The number of halogens is 1. The van der Waals surface area contributed by atoms with Crippen LogP contribution in [0.25, 0.3) is 0 Å². The van der Waals surface area contributed by atoms with Crippen LogP contribution in [0.5, 0.6) is 0 Å². The third-order valence-electron chi connectivity index (χ3n) is 5.14. The lowest BCUT2D eigenvalue weighted by Gasteiger charge is -2.33. The molecule has 0 spiro atoms. The van der Waals surface area contributed by atoms with Crippen LogP contribution in [-0.2, 0) is 19.6 Å². The second-order valence-electron chi connectivity index (χ2n) is 6.88. The Bertz CT molecular complexity index is 811. The highest BCUT2D eigenvalue weighted by Crippen LogP contribution is 2.28. The van der Waals surface area contributed by atoms with Crippen molar-refractivity contribution in [3.05, 3.63) is 24.3 Å². The van der Waals surface area contributed by atoms with E-state index in [4.69, 9.17) is 5.14 Å². The largest absolute Gasteiger partial charge is 0.342 e. The predicted molar refractivity (Wildman–Crippen MR) is 104 cm³/mol. The second kappa shape index (κ2) is 8.55. The van der Waals surface area contributed by atoms with Crippen LogP contribution in [0.15, 0.2) is 29.2 Å². The number of carbonyl (C=O) groups is 2. The maximum absolute atomic E-state index is 12.8. The van der Waals surface area contributed by atoms with E-state index in [9.17, 15) is 18.0 Å². The summed E-state index contributed by atoms with van der Waals surface area (Å²) in [6, 6.07) is 6.14. The monoisotopic (exact) mass is 416 g/mol. The molecule has 0 bridgehead atoms. The lowest BCUT2D eigenvalue weighted by molar-refractivity contribution is -0.137. The third kappa shape index (κ3) is 4.78. The SMILES string of the molecule is CN(C(=O)C1CC(=O)N(c2cccc(S(N)(=O)=O)c2)C1)C1CCNCC1.Cl. The minimum Gasteiger partial charge on any atom is -0.342 e. The number of carbonyl (C=O) groups excluding carboxylic acids is 2. The number of piperidine rings is 1. The Morgan fingerprint density at radius 1 is 1.30 bits per heavy atom. The van der Waals surface area contributed by atoms with Crippen LogP contribution in [0.4, 0.5) is 5.69 Å². The number of nitrogens with two attached hydrogens (primary N) is 1. The van der Waals surface area contributed by atoms with Gasteiger partial charge in [0.1, 0.15) is 0 Å². The molecule has 2 aliphatic rings. The summed E-state index contributed by atoms with van der Waals surface area (Å²) in [6.07, 6.45) is 1.94. The molecule has 0 aliphatic carbocycles. The highest BCUT2D eigenvalue weighted by atomic mass is 35.5. The molecule has 0 aromatic heterocycles. The summed E-state index contributed by atoms with van der Waals surface area (Å²) >= 11 is 0. The molecule has 1 aromatic carbocycles. The fraction of sp³-hybridized carbons (Fsp3) is 0.529. The molecule has 10 heteroatoms. The van der Waals surface area contributed by atoms with E-state index in [-0.39, 0.29) is 48.1 Å². The molecular formula is C17H25ClN4O4S. The van der Waals surface area contributed by atoms with E-state index in [1.165, 1.54) is 17.0 Å². The number of benzene rings is 1. The van der Waals surface area contributed by atoms with Crippen LogP contribution in [-0.4, -0.2) is 57.9 Å². The van der Waals surface area contributed by atoms with Crippen LogP contribution < -0.4 is 15.4 Å². The summed E-state index contributed by atoms with van der Waals surface area (Å²) in [7, 11) is -2.05. The van der Waals surface area contributed by atoms with E-state index in [0.717, 1.165) is 25.9 Å². The van der Waals surface area contributed by atoms with E-state index < -0.39 is 15.9 Å². The summed E-state index contributed by atoms with van der Waals surface area (Å²) in [6.45, 7) is 2.03. The molecule has 2 fully saturated rings. The fourth-order valence-electron chi connectivity index (χ4n) is 3.61. The second-order valence-corrected chi connectivity index (χ2v) is 8.44. The highest BCUT2D eigenvalue weighted by Gasteiger charge is 2.38. The molecule has 1 aromatic rings. The van der Waals surface area contributed by atoms with Gasteiger partial charge in [-0.1, -0.05) is 6.07 Å². The van der Waals surface area contributed by atoms with Gasteiger partial charge in [0.15, 0.2) is 0 Å². The van der Waals surface area contributed by atoms with Crippen molar-refractivity contribution in [2.24, 2.45) is 11.1 Å². The van der Waals surface area contributed by atoms with E-state index in [1.807, 2.05) is 0 Å². The van der Waals surface area contributed by atoms with E-state index in [2.05, 4.69) is 5.32 Å². The molecule has 2 heterocycles. The third-order valence-corrected chi connectivity index (χ3v) is 6.05. The van der Waals surface area contributed by atoms with Crippen molar-refractivity contribution in [1.29, 1.82) is 0 Å². The summed E-state index contributed by atoms with van der Waals surface area (Å²) in [5.74, 6) is -0.635. The van der Waals surface area contributed by atoms with Gasteiger partial charge in [-0.3, -0.25) is 9.59 Å². The minimum absolute atomic E-state index is 0. The first kappa shape index (κ1) is 21.6. The summed E-state index contributed by atoms with van der Waals surface area (Å²) in [5, 5.41) is 8.43. The van der Waals surface area contributed by atoms with Crippen molar-refractivity contribution >= 4 is 39.9 Å². The number of anilines is 1. The molecule has 2 amide bonds. The van der Waals surface area contributed by atoms with Crippen molar-refractivity contribution in [3.63, 3.8) is 0 Å². The molecule has 0 radical (unpaired) electrons. The molecule has 2 saturated heterocycles. The zero-order valence-electron chi connectivity index (χ0n) is 15.1. The Morgan fingerprint density at radius 3 is 2.59 bits per heavy atom. The minimum atomic E-state index is -3.85. The maximum atomic E-state index is 12.8. The maximum Gasteiger partial charge on any atom is 0.238 e. The molecular weight excluding hydrogens is 392 g/mol. The molecule has 1 atom stereocenters. The molecule has 150 valence electrons. The highest BCUT2D eigenvalue weighted by molar-refractivity contribution is 7.89. The topological polar surface area (TPSA) is 113 Å². The fourth-order valence-corrected chi connectivity index (χ4v) is 4.17. The molecule has 2 aliphatic heterocycles. The molecule has 0 saturated carbocycles. The van der Waals surface area contributed by atoms with Crippen LogP contribution in [0.1, 0.15) is 19.3 Å². The smallest absolute Gasteiger partial charge is 0.238 e. The van der Waals surface area contributed by atoms with Gasteiger partial charge in [-0.2, -0.15) is 0 Å². The number of nitrogens with zero attached hydrogens (tertiary/aromatic N) is 2.